The Kier molecular flexibility index (Phi) is 4.94. The van der Waals surface area contributed by atoms with Crippen molar-refractivity contribution in [3.8, 4) is 0 Å². The molecule has 0 unspecified atom stereocenters. The summed E-state index contributed by atoms with van der Waals surface area (Å²) in [6.07, 6.45) is 0.522. The zero-order chi connectivity index (χ0) is 15.6. The summed E-state index contributed by atoms with van der Waals surface area (Å²) in [5, 5.41) is 0.643. The highest BCUT2D eigenvalue weighted by atomic mass is 35.5. The van der Waals surface area contributed by atoms with Crippen molar-refractivity contribution in [2.75, 3.05) is 11.5 Å². The van der Waals surface area contributed by atoms with Crippen molar-refractivity contribution in [3.63, 3.8) is 0 Å². The first kappa shape index (κ1) is 16.3. The minimum atomic E-state index is -3.01. The van der Waals surface area contributed by atoms with Gasteiger partial charge in [0.1, 0.15) is 0 Å². The van der Waals surface area contributed by atoms with Crippen LogP contribution in [0, 0.1) is 5.92 Å². The van der Waals surface area contributed by atoms with E-state index < -0.39 is 9.84 Å². The SMILES string of the molecule is CC(C)C(=O)N(Cc1ccc(Cl)cc1)[C@@H]1CCS(=O)(=O)C1. The normalized spacial score (nSPS) is 20.7. The van der Waals surface area contributed by atoms with E-state index in [1.807, 2.05) is 26.0 Å². The molecule has 2 rings (SSSR count). The first-order chi connectivity index (χ1) is 9.78. The Morgan fingerprint density at radius 3 is 2.43 bits per heavy atom. The number of benzene rings is 1. The van der Waals surface area contributed by atoms with Crippen molar-refractivity contribution in [1.29, 1.82) is 0 Å². The van der Waals surface area contributed by atoms with Gasteiger partial charge < -0.3 is 4.90 Å². The van der Waals surface area contributed by atoms with Gasteiger partial charge in [-0.1, -0.05) is 37.6 Å². The molecular formula is C15H20ClNO3S. The average molecular weight is 330 g/mol. The average Bonchev–Trinajstić information content (AvgIpc) is 2.77. The molecule has 21 heavy (non-hydrogen) atoms. The number of sulfone groups is 1. The van der Waals surface area contributed by atoms with Crippen LogP contribution in [0.3, 0.4) is 0 Å². The van der Waals surface area contributed by atoms with Crippen molar-refractivity contribution in [1.82, 2.24) is 4.90 Å². The van der Waals surface area contributed by atoms with Gasteiger partial charge in [0.05, 0.1) is 11.5 Å². The molecule has 4 nitrogen and oxygen atoms in total. The van der Waals surface area contributed by atoms with E-state index in [4.69, 9.17) is 11.6 Å². The van der Waals surface area contributed by atoms with Crippen LogP contribution in [0.4, 0.5) is 0 Å². The third kappa shape index (κ3) is 4.20. The summed E-state index contributed by atoms with van der Waals surface area (Å²) < 4.78 is 23.4. The fraction of sp³-hybridized carbons (Fsp3) is 0.533. The second-order valence-corrected chi connectivity index (χ2v) is 8.47. The molecule has 1 aromatic rings. The molecule has 1 saturated heterocycles. The number of hydrogen-bond donors (Lipinski definition) is 0. The van der Waals surface area contributed by atoms with Gasteiger partial charge in [0.2, 0.25) is 5.91 Å². The molecule has 0 aliphatic carbocycles. The number of halogens is 1. The van der Waals surface area contributed by atoms with Gasteiger partial charge in [-0.25, -0.2) is 8.42 Å². The van der Waals surface area contributed by atoms with Crippen LogP contribution in [-0.2, 0) is 21.2 Å². The van der Waals surface area contributed by atoms with E-state index in [1.165, 1.54) is 0 Å². The molecule has 0 bridgehead atoms. The van der Waals surface area contributed by atoms with Crippen LogP contribution in [0.2, 0.25) is 5.02 Å². The summed E-state index contributed by atoms with van der Waals surface area (Å²) in [6, 6.07) is 7.07. The van der Waals surface area contributed by atoms with E-state index in [0.29, 0.717) is 18.0 Å². The highest BCUT2D eigenvalue weighted by Crippen LogP contribution is 2.22. The van der Waals surface area contributed by atoms with E-state index in [0.717, 1.165) is 5.56 Å². The second-order valence-electron chi connectivity index (χ2n) is 5.80. The molecule has 1 amide bonds. The minimum absolute atomic E-state index is 0.00736. The zero-order valence-electron chi connectivity index (χ0n) is 12.3. The van der Waals surface area contributed by atoms with E-state index in [-0.39, 0.29) is 29.4 Å². The maximum absolute atomic E-state index is 12.4. The first-order valence-corrected chi connectivity index (χ1v) is 9.24. The molecule has 1 fully saturated rings. The first-order valence-electron chi connectivity index (χ1n) is 7.04. The monoisotopic (exact) mass is 329 g/mol. The lowest BCUT2D eigenvalue weighted by atomic mass is 10.1. The van der Waals surface area contributed by atoms with E-state index in [9.17, 15) is 13.2 Å². The molecule has 1 aliphatic rings. The number of amides is 1. The predicted octanol–water partition coefficient (Wildman–Crippen LogP) is 2.51. The van der Waals surface area contributed by atoms with Crippen LogP contribution < -0.4 is 0 Å². The number of carbonyl (C=O) groups excluding carboxylic acids is 1. The third-order valence-electron chi connectivity index (χ3n) is 3.69. The Balaban J connectivity index is 2.20. The van der Waals surface area contributed by atoms with Gasteiger partial charge in [0.15, 0.2) is 9.84 Å². The molecule has 0 spiro atoms. The van der Waals surface area contributed by atoms with Gasteiger partial charge in [0, 0.05) is 23.5 Å². The molecule has 0 aromatic heterocycles. The molecule has 0 saturated carbocycles. The summed E-state index contributed by atoms with van der Waals surface area (Å²) in [5.74, 6) is 0.0757. The lowest BCUT2D eigenvalue weighted by Crippen LogP contribution is -2.42. The maximum Gasteiger partial charge on any atom is 0.225 e. The van der Waals surface area contributed by atoms with Crippen LogP contribution >= 0.6 is 11.6 Å². The summed E-state index contributed by atoms with van der Waals surface area (Å²) in [6.45, 7) is 4.09. The standard InChI is InChI=1S/C15H20ClNO3S/c1-11(2)15(18)17(14-7-8-21(19,20)10-14)9-12-3-5-13(16)6-4-12/h3-6,11,14H,7-10H2,1-2H3/t14-/m1/s1. The fourth-order valence-corrected chi connectivity index (χ4v) is 4.38. The number of hydrogen-bond acceptors (Lipinski definition) is 3. The van der Waals surface area contributed by atoms with Crippen LogP contribution in [0.5, 0.6) is 0 Å². The van der Waals surface area contributed by atoms with Gasteiger partial charge in [0.25, 0.3) is 0 Å². The van der Waals surface area contributed by atoms with Crippen molar-refractivity contribution in [2.24, 2.45) is 5.92 Å². The van der Waals surface area contributed by atoms with Crippen LogP contribution in [0.15, 0.2) is 24.3 Å². The lowest BCUT2D eigenvalue weighted by Gasteiger charge is -2.30. The van der Waals surface area contributed by atoms with Crippen molar-refractivity contribution < 1.29 is 13.2 Å². The smallest absolute Gasteiger partial charge is 0.225 e. The quantitative estimate of drug-likeness (QED) is 0.853. The van der Waals surface area contributed by atoms with Crippen LogP contribution in [0.1, 0.15) is 25.8 Å². The number of nitrogens with zero attached hydrogens (tertiary/aromatic N) is 1. The second kappa shape index (κ2) is 6.36. The third-order valence-corrected chi connectivity index (χ3v) is 5.69. The van der Waals surface area contributed by atoms with E-state index in [2.05, 4.69) is 0 Å². The molecular weight excluding hydrogens is 310 g/mol. The minimum Gasteiger partial charge on any atom is -0.334 e. The lowest BCUT2D eigenvalue weighted by molar-refractivity contribution is -0.137. The molecule has 6 heteroatoms. The van der Waals surface area contributed by atoms with Gasteiger partial charge >= 0.3 is 0 Å². The largest absolute Gasteiger partial charge is 0.334 e. The van der Waals surface area contributed by atoms with Gasteiger partial charge in [-0.2, -0.15) is 0 Å². The molecule has 0 radical (unpaired) electrons. The van der Waals surface area contributed by atoms with Crippen molar-refractivity contribution in [2.45, 2.75) is 32.9 Å². The Hall–Kier alpha value is -1.07. The van der Waals surface area contributed by atoms with Gasteiger partial charge in [-0.3, -0.25) is 4.79 Å². The molecule has 1 atom stereocenters. The van der Waals surface area contributed by atoms with Crippen LogP contribution in [-0.4, -0.2) is 36.8 Å². The summed E-state index contributed by atoms with van der Waals surface area (Å²) in [7, 11) is -3.01. The summed E-state index contributed by atoms with van der Waals surface area (Å²) in [4.78, 5) is 14.1. The Morgan fingerprint density at radius 2 is 1.95 bits per heavy atom. The molecule has 1 aromatic carbocycles. The van der Waals surface area contributed by atoms with Gasteiger partial charge in [-0.05, 0) is 24.1 Å². The molecule has 116 valence electrons. The summed E-state index contributed by atoms with van der Waals surface area (Å²) in [5.41, 5.74) is 0.956. The molecule has 0 N–H and O–H groups in total. The Bertz CT molecular complexity index is 610. The van der Waals surface area contributed by atoms with Crippen LogP contribution in [0.25, 0.3) is 0 Å². The highest BCUT2D eigenvalue weighted by molar-refractivity contribution is 7.91. The Morgan fingerprint density at radius 1 is 1.33 bits per heavy atom. The number of carbonyl (C=O) groups is 1. The van der Waals surface area contributed by atoms with E-state index >= 15 is 0 Å². The highest BCUT2D eigenvalue weighted by Gasteiger charge is 2.35. The number of rotatable bonds is 4. The molecule has 1 aliphatic heterocycles. The topological polar surface area (TPSA) is 54.5 Å². The molecule has 1 heterocycles. The van der Waals surface area contributed by atoms with Gasteiger partial charge in [-0.15, -0.1) is 0 Å². The maximum atomic E-state index is 12.4. The Labute approximate surface area is 131 Å². The predicted molar refractivity (Wildman–Crippen MR) is 83.9 cm³/mol. The fourth-order valence-electron chi connectivity index (χ4n) is 2.53. The van der Waals surface area contributed by atoms with Crippen molar-refractivity contribution in [3.05, 3.63) is 34.9 Å². The van der Waals surface area contributed by atoms with Crippen molar-refractivity contribution >= 4 is 27.3 Å². The van der Waals surface area contributed by atoms with E-state index in [1.54, 1.807) is 17.0 Å². The summed E-state index contributed by atoms with van der Waals surface area (Å²) >= 11 is 5.87. The zero-order valence-corrected chi connectivity index (χ0v) is 13.8.